The fourth-order valence-corrected chi connectivity index (χ4v) is 5.27. The fraction of sp³-hybridized carbons (Fsp3) is 0.409. The Morgan fingerprint density at radius 2 is 1.69 bits per heavy atom. The SMILES string of the molecule is CCCN(Cc1ccccc1)C(=O)C1CCN(S(=O)(=O)c2ccccc2F)CC1. The second-order valence-corrected chi connectivity index (χ2v) is 9.26. The van der Waals surface area contributed by atoms with Gasteiger partial charge in [0.15, 0.2) is 0 Å². The van der Waals surface area contributed by atoms with Crippen molar-refractivity contribution in [1.82, 2.24) is 9.21 Å². The van der Waals surface area contributed by atoms with Crippen molar-refractivity contribution in [2.45, 2.75) is 37.6 Å². The molecule has 0 aromatic heterocycles. The molecule has 1 fully saturated rings. The van der Waals surface area contributed by atoms with Gasteiger partial charge >= 0.3 is 0 Å². The van der Waals surface area contributed by atoms with Crippen LogP contribution in [0.15, 0.2) is 59.5 Å². The lowest BCUT2D eigenvalue weighted by Gasteiger charge is -2.33. The summed E-state index contributed by atoms with van der Waals surface area (Å²) >= 11 is 0. The molecule has 2 aromatic rings. The molecule has 0 unspecified atom stereocenters. The Balaban J connectivity index is 1.65. The van der Waals surface area contributed by atoms with Crippen molar-refractivity contribution in [2.24, 2.45) is 5.92 Å². The topological polar surface area (TPSA) is 57.7 Å². The quantitative estimate of drug-likeness (QED) is 0.689. The molecule has 1 heterocycles. The molecule has 2 aromatic carbocycles. The Morgan fingerprint density at radius 3 is 2.31 bits per heavy atom. The second-order valence-electron chi connectivity index (χ2n) is 7.35. The van der Waals surface area contributed by atoms with Gasteiger partial charge in [-0.1, -0.05) is 49.4 Å². The largest absolute Gasteiger partial charge is 0.338 e. The van der Waals surface area contributed by atoms with Crippen LogP contribution < -0.4 is 0 Å². The van der Waals surface area contributed by atoms with Crippen LogP contribution in [0.5, 0.6) is 0 Å². The van der Waals surface area contributed by atoms with Crippen LogP contribution in [-0.2, 0) is 21.4 Å². The van der Waals surface area contributed by atoms with Crippen molar-refractivity contribution < 1.29 is 17.6 Å². The smallest absolute Gasteiger partial charge is 0.245 e. The molecular weight excluding hydrogens is 391 g/mol. The zero-order valence-corrected chi connectivity index (χ0v) is 17.4. The molecule has 156 valence electrons. The van der Waals surface area contributed by atoms with Crippen molar-refractivity contribution >= 4 is 15.9 Å². The van der Waals surface area contributed by atoms with Crippen LogP contribution >= 0.6 is 0 Å². The highest BCUT2D eigenvalue weighted by molar-refractivity contribution is 7.89. The van der Waals surface area contributed by atoms with Gasteiger partial charge in [-0.25, -0.2) is 12.8 Å². The highest BCUT2D eigenvalue weighted by Crippen LogP contribution is 2.26. The van der Waals surface area contributed by atoms with E-state index in [0.29, 0.717) is 25.9 Å². The molecule has 0 atom stereocenters. The molecule has 1 saturated heterocycles. The van der Waals surface area contributed by atoms with Gasteiger partial charge in [-0.2, -0.15) is 4.31 Å². The highest BCUT2D eigenvalue weighted by atomic mass is 32.2. The number of nitrogens with zero attached hydrogens (tertiary/aromatic N) is 2. The van der Waals surface area contributed by atoms with E-state index in [1.54, 1.807) is 0 Å². The van der Waals surface area contributed by atoms with E-state index in [-0.39, 0.29) is 29.8 Å². The number of carbonyl (C=O) groups is 1. The maximum Gasteiger partial charge on any atom is 0.245 e. The molecule has 0 radical (unpaired) electrons. The zero-order valence-electron chi connectivity index (χ0n) is 16.6. The van der Waals surface area contributed by atoms with E-state index in [4.69, 9.17) is 0 Å². The number of piperidine rings is 1. The minimum absolute atomic E-state index is 0.0682. The van der Waals surface area contributed by atoms with Crippen molar-refractivity contribution in [3.8, 4) is 0 Å². The van der Waals surface area contributed by atoms with Gasteiger partial charge in [0.05, 0.1) is 0 Å². The Morgan fingerprint density at radius 1 is 1.07 bits per heavy atom. The lowest BCUT2D eigenvalue weighted by molar-refractivity contribution is -0.137. The molecule has 3 rings (SSSR count). The number of hydrogen-bond acceptors (Lipinski definition) is 3. The summed E-state index contributed by atoms with van der Waals surface area (Å²) in [6.07, 6.45) is 1.75. The van der Waals surface area contributed by atoms with Crippen LogP contribution in [-0.4, -0.2) is 43.2 Å². The molecule has 1 aliphatic rings. The minimum atomic E-state index is -3.89. The number of benzene rings is 2. The first-order valence-corrected chi connectivity index (χ1v) is 11.4. The summed E-state index contributed by atoms with van der Waals surface area (Å²) in [6.45, 7) is 3.70. The molecule has 1 aliphatic heterocycles. The summed E-state index contributed by atoms with van der Waals surface area (Å²) in [5.41, 5.74) is 1.08. The van der Waals surface area contributed by atoms with Gasteiger partial charge in [0.25, 0.3) is 0 Å². The molecule has 7 heteroatoms. The van der Waals surface area contributed by atoms with Crippen molar-refractivity contribution in [3.05, 3.63) is 66.0 Å². The van der Waals surface area contributed by atoms with Crippen LogP contribution in [0.1, 0.15) is 31.7 Å². The average molecular weight is 419 g/mol. The Bertz CT molecular complexity index is 926. The van der Waals surface area contributed by atoms with Crippen LogP contribution in [0.2, 0.25) is 0 Å². The van der Waals surface area contributed by atoms with Gasteiger partial charge < -0.3 is 4.90 Å². The molecule has 5 nitrogen and oxygen atoms in total. The van der Waals surface area contributed by atoms with Gasteiger partial charge in [0.1, 0.15) is 10.7 Å². The van der Waals surface area contributed by atoms with Gasteiger partial charge in [-0.05, 0) is 37.0 Å². The van der Waals surface area contributed by atoms with Gasteiger partial charge in [0, 0.05) is 32.1 Å². The van der Waals surface area contributed by atoms with E-state index in [1.807, 2.05) is 42.2 Å². The number of amides is 1. The first-order chi connectivity index (χ1) is 13.9. The number of sulfonamides is 1. The molecule has 0 saturated carbocycles. The number of halogens is 1. The van der Waals surface area contributed by atoms with E-state index >= 15 is 0 Å². The Labute approximate surface area is 172 Å². The van der Waals surface area contributed by atoms with Crippen LogP contribution in [0.25, 0.3) is 0 Å². The summed E-state index contributed by atoms with van der Waals surface area (Å²) < 4.78 is 40.8. The first kappa shape index (κ1) is 21.5. The fourth-order valence-electron chi connectivity index (χ4n) is 3.74. The molecule has 0 bridgehead atoms. The monoisotopic (exact) mass is 418 g/mol. The third-order valence-electron chi connectivity index (χ3n) is 5.28. The molecule has 0 spiro atoms. The third kappa shape index (κ3) is 5.03. The van der Waals surface area contributed by atoms with E-state index in [1.165, 1.54) is 22.5 Å². The van der Waals surface area contributed by atoms with Crippen molar-refractivity contribution in [2.75, 3.05) is 19.6 Å². The lowest BCUT2D eigenvalue weighted by Crippen LogP contribution is -2.44. The molecule has 0 N–H and O–H groups in total. The number of hydrogen-bond donors (Lipinski definition) is 0. The lowest BCUT2D eigenvalue weighted by atomic mass is 9.96. The van der Waals surface area contributed by atoms with Gasteiger partial charge in [-0.15, -0.1) is 0 Å². The third-order valence-corrected chi connectivity index (χ3v) is 7.21. The van der Waals surface area contributed by atoms with E-state index in [2.05, 4.69) is 0 Å². The van der Waals surface area contributed by atoms with Crippen molar-refractivity contribution in [1.29, 1.82) is 0 Å². The maximum atomic E-state index is 14.0. The Kier molecular flexibility index (Phi) is 7.03. The molecule has 1 amide bonds. The number of carbonyl (C=O) groups excluding carboxylic acids is 1. The number of rotatable bonds is 7. The van der Waals surface area contributed by atoms with Crippen LogP contribution in [0.4, 0.5) is 4.39 Å². The second kappa shape index (κ2) is 9.50. The summed E-state index contributed by atoms with van der Waals surface area (Å²) in [5, 5.41) is 0. The maximum absolute atomic E-state index is 14.0. The van der Waals surface area contributed by atoms with Gasteiger partial charge in [0.2, 0.25) is 15.9 Å². The molecule has 0 aliphatic carbocycles. The zero-order chi connectivity index (χ0) is 20.9. The summed E-state index contributed by atoms with van der Waals surface area (Å²) in [6, 6.07) is 15.3. The van der Waals surface area contributed by atoms with Gasteiger partial charge in [-0.3, -0.25) is 4.79 Å². The van der Waals surface area contributed by atoms with Crippen molar-refractivity contribution in [3.63, 3.8) is 0 Å². The normalized spacial score (nSPS) is 15.9. The van der Waals surface area contributed by atoms with E-state index < -0.39 is 15.8 Å². The van der Waals surface area contributed by atoms with Crippen LogP contribution in [0.3, 0.4) is 0 Å². The molecule has 29 heavy (non-hydrogen) atoms. The molecular formula is C22H27FN2O3S. The highest BCUT2D eigenvalue weighted by Gasteiger charge is 2.34. The Hall–Kier alpha value is -2.25. The summed E-state index contributed by atoms with van der Waals surface area (Å²) in [5.74, 6) is -0.890. The predicted molar refractivity (Wildman–Crippen MR) is 110 cm³/mol. The summed E-state index contributed by atoms with van der Waals surface area (Å²) in [7, 11) is -3.89. The average Bonchev–Trinajstić information content (AvgIpc) is 2.74. The van der Waals surface area contributed by atoms with E-state index in [0.717, 1.165) is 18.1 Å². The summed E-state index contributed by atoms with van der Waals surface area (Å²) in [4.78, 5) is 14.6. The predicted octanol–water partition coefficient (Wildman–Crippen LogP) is 3.67. The van der Waals surface area contributed by atoms with Crippen LogP contribution in [0, 0.1) is 11.7 Å². The minimum Gasteiger partial charge on any atom is -0.338 e. The standard InChI is InChI=1S/C22H27FN2O3S/c1-2-14-24(17-18-8-4-3-5-9-18)22(26)19-12-15-25(16-13-19)29(27,28)21-11-7-6-10-20(21)23/h3-11,19H,2,12-17H2,1H3. The van der Waals surface area contributed by atoms with E-state index in [9.17, 15) is 17.6 Å². The first-order valence-electron chi connectivity index (χ1n) is 10.0.